The van der Waals surface area contributed by atoms with Gasteiger partial charge in [-0.25, -0.2) is 10.2 Å². The fraction of sp³-hybridized carbons (Fsp3) is 0.179. The molecule has 1 fully saturated rings. The van der Waals surface area contributed by atoms with Crippen molar-refractivity contribution in [2.45, 2.75) is 0 Å². The van der Waals surface area contributed by atoms with Crippen LogP contribution in [0, 0.1) is 10.1 Å². The van der Waals surface area contributed by atoms with Crippen molar-refractivity contribution < 1.29 is 23.9 Å². The second-order valence-electron chi connectivity index (χ2n) is 8.85. The maximum atomic E-state index is 12.6. The molecule has 0 aliphatic carbocycles. The van der Waals surface area contributed by atoms with Crippen LogP contribution >= 0.6 is 0 Å². The fourth-order valence-corrected chi connectivity index (χ4v) is 3.94. The highest BCUT2D eigenvalue weighted by atomic mass is 16.6. The number of nitro benzene ring substituents is 1. The van der Waals surface area contributed by atoms with Gasteiger partial charge in [0.05, 0.1) is 37.0 Å². The number of para-hydroxylation sites is 1. The molecular weight excluding hydrogens is 544 g/mol. The van der Waals surface area contributed by atoms with Crippen LogP contribution in [-0.2, 0) is 4.74 Å². The summed E-state index contributed by atoms with van der Waals surface area (Å²) < 4.78 is 16.3. The molecule has 0 unspecified atom stereocenters. The van der Waals surface area contributed by atoms with E-state index >= 15 is 0 Å². The van der Waals surface area contributed by atoms with Crippen LogP contribution in [0.3, 0.4) is 0 Å². The number of carbonyl (C=O) groups is 1. The van der Waals surface area contributed by atoms with E-state index in [1.165, 1.54) is 37.6 Å². The first-order valence-electron chi connectivity index (χ1n) is 12.8. The Hall–Kier alpha value is -5.63. The lowest BCUT2D eigenvalue weighted by atomic mass is 10.2. The molecule has 5 rings (SSSR count). The molecule has 0 spiro atoms. The molecule has 0 bridgehead atoms. The molecule has 14 nitrogen and oxygen atoms in total. The Morgan fingerprint density at radius 2 is 1.79 bits per heavy atom. The van der Waals surface area contributed by atoms with Gasteiger partial charge in [0.25, 0.3) is 5.69 Å². The average molecular weight is 571 g/mol. The van der Waals surface area contributed by atoms with Gasteiger partial charge in [0.2, 0.25) is 17.8 Å². The van der Waals surface area contributed by atoms with Gasteiger partial charge in [0, 0.05) is 30.9 Å². The summed E-state index contributed by atoms with van der Waals surface area (Å²) >= 11 is 0. The van der Waals surface area contributed by atoms with Crippen molar-refractivity contribution in [1.82, 2.24) is 15.0 Å². The minimum atomic E-state index is -0.758. The smallest absolute Gasteiger partial charge is 0.343 e. The van der Waals surface area contributed by atoms with Crippen molar-refractivity contribution >= 4 is 41.4 Å². The number of rotatable bonds is 10. The predicted molar refractivity (Wildman–Crippen MR) is 155 cm³/mol. The number of nitrogens with zero attached hydrogens (tertiary/aromatic N) is 6. The summed E-state index contributed by atoms with van der Waals surface area (Å²) in [7, 11) is 1.43. The SMILES string of the molecule is COc1cc(/C=N/Nc2nc(Nc3ccccc3)nc(N3CCOCC3)n2)ccc1OC(=O)c1cccc([N+](=O)[O-])c1. The molecule has 214 valence electrons. The highest BCUT2D eigenvalue weighted by molar-refractivity contribution is 5.92. The van der Waals surface area contributed by atoms with Crippen LogP contribution in [0.4, 0.5) is 29.2 Å². The normalized spacial score (nSPS) is 13.0. The molecule has 42 heavy (non-hydrogen) atoms. The zero-order chi connectivity index (χ0) is 29.3. The highest BCUT2D eigenvalue weighted by Crippen LogP contribution is 2.29. The maximum Gasteiger partial charge on any atom is 0.343 e. The molecule has 4 aromatic rings. The number of esters is 1. The molecule has 2 heterocycles. The second kappa shape index (κ2) is 13.1. The van der Waals surface area contributed by atoms with Crippen molar-refractivity contribution in [2.75, 3.05) is 49.1 Å². The van der Waals surface area contributed by atoms with Crippen LogP contribution in [0.2, 0.25) is 0 Å². The number of anilines is 4. The van der Waals surface area contributed by atoms with Crippen molar-refractivity contribution in [1.29, 1.82) is 0 Å². The van der Waals surface area contributed by atoms with Gasteiger partial charge in [0.15, 0.2) is 11.5 Å². The van der Waals surface area contributed by atoms with Crippen LogP contribution in [-0.4, -0.2) is 65.5 Å². The Morgan fingerprint density at radius 1 is 1.00 bits per heavy atom. The lowest BCUT2D eigenvalue weighted by molar-refractivity contribution is -0.384. The monoisotopic (exact) mass is 570 g/mol. The number of nitro groups is 1. The number of carbonyl (C=O) groups excluding carboxylic acids is 1. The number of ether oxygens (including phenoxy) is 3. The number of morpholine rings is 1. The van der Waals surface area contributed by atoms with Crippen LogP contribution in [0.1, 0.15) is 15.9 Å². The van der Waals surface area contributed by atoms with Gasteiger partial charge >= 0.3 is 5.97 Å². The average Bonchev–Trinajstić information content (AvgIpc) is 3.02. The van der Waals surface area contributed by atoms with E-state index in [1.54, 1.807) is 12.1 Å². The van der Waals surface area contributed by atoms with Gasteiger partial charge in [0.1, 0.15) is 0 Å². The molecular formula is C28H26N8O6. The minimum absolute atomic E-state index is 0.0380. The molecule has 0 saturated carbocycles. The summed E-state index contributed by atoms with van der Waals surface area (Å²) in [6.07, 6.45) is 1.52. The molecule has 0 radical (unpaired) electrons. The van der Waals surface area contributed by atoms with Gasteiger partial charge in [-0.05, 0) is 42.0 Å². The van der Waals surface area contributed by atoms with Crippen molar-refractivity contribution in [3.8, 4) is 11.5 Å². The number of hydrogen-bond donors (Lipinski definition) is 2. The first-order valence-corrected chi connectivity index (χ1v) is 12.8. The van der Waals surface area contributed by atoms with Crippen LogP contribution in [0.25, 0.3) is 0 Å². The molecule has 1 aliphatic rings. The molecule has 14 heteroatoms. The third-order valence-electron chi connectivity index (χ3n) is 6.01. The second-order valence-corrected chi connectivity index (χ2v) is 8.85. The standard InChI is InChI=1S/C28H26N8O6/c1-40-24-16-19(10-11-23(24)42-25(37)20-6-5-9-22(17-20)36(38)39)18-29-34-27-31-26(30-21-7-3-2-4-8-21)32-28(33-27)35-12-14-41-15-13-35/h2-11,16-18H,12-15H2,1H3,(H2,30,31,32,33,34)/b29-18+. The molecule has 2 N–H and O–H groups in total. The van der Waals surface area contributed by atoms with Gasteiger partial charge in [-0.1, -0.05) is 24.3 Å². The predicted octanol–water partition coefficient (Wildman–Crippen LogP) is 4.03. The van der Waals surface area contributed by atoms with Gasteiger partial charge in [-0.15, -0.1) is 0 Å². The maximum absolute atomic E-state index is 12.6. The first kappa shape index (κ1) is 27.9. The van der Waals surface area contributed by atoms with Crippen molar-refractivity contribution in [3.63, 3.8) is 0 Å². The van der Waals surface area contributed by atoms with Gasteiger partial charge in [-0.3, -0.25) is 10.1 Å². The molecule has 3 aromatic carbocycles. The lowest BCUT2D eigenvalue weighted by Crippen LogP contribution is -2.37. The van der Waals surface area contributed by atoms with Gasteiger partial charge in [-0.2, -0.15) is 20.1 Å². The van der Waals surface area contributed by atoms with Crippen LogP contribution < -0.4 is 25.1 Å². The Labute approximate surface area is 240 Å². The van der Waals surface area contributed by atoms with Crippen molar-refractivity contribution in [3.05, 3.63) is 94.0 Å². The molecule has 0 atom stereocenters. The lowest BCUT2D eigenvalue weighted by Gasteiger charge is -2.27. The summed E-state index contributed by atoms with van der Waals surface area (Å²) in [5.41, 5.74) is 4.12. The van der Waals surface area contributed by atoms with E-state index in [1.807, 2.05) is 35.2 Å². The van der Waals surface area contributed by atoms with E-state index < -0.39 is 10.9 Å². The topological polar surface area (TPSA) is 166 Å². The third kappa shape index (κ3) is 7.11. The zero-order valence-electron chi connectivity index (χ0n) is 22.5. The van der Waals surface area contributed by atoms with E-state index in [4.69, 9.17) is 14.2 Å². The summed E-state index contributed by atoms with van der Waals surface area (Å²) in [5.74, 6) is 0.722. The number of aromatic nitrogens is 3. The Bertz CT molecular complexity index is 1590. The summed E-state index contributed by atoms with van der Waals surface area (Å²) in [6, 6.07) is 19.6. The molecule has 1 aliphatic heterocycles. The molecule has 1 aromatic heterocycles. The van der Waals surface area contributed by atoms with E-state index in [-0.39, 0.29) is 28.7 Å². The fourth-order valence-electron chi connectivity index (χ4n) is 3.94. The summed E-state index contributed by atoms with van der Waals surface area (Å²) in [4.78, 5) is 38.6. The van der Waals surface area contributed by atoms with E-state index in [9.17, 15) is 14.9 Å². The van der Waals surface area contributed by atoms with E-state index in [0.29, 0.717) is 43.8 Å². The molecule has 1 saturated heterocycles. The number of non-ortho nitro benzene ring substituents is 1. The highest BCUT2D eigenvalue weighted by Gasteiger charge is 2.18. The number of hydrazone groups is 1. The number of methoxy groups -OCH3 is 1. The Kier molecular flexibility index (Phi) is 8.74. The summed E-state index contributed by atoms with van der Waals surface area (Å²) in [5, 5.41) is 18.5. The Balaban J connectivity index is 1.30. The first-order chi connectivity index (χ1) is 20.5. The molecule has 0 amide bonds. The number of hydrogen-bond acceptors (Lipinski definition) is 13. The Morgan fingerprint density at radius 3 is 2.55 bits per heavy atom. The van der Waals surface area contributed by atoms with Gasteiger partial charge < -0.3 is 24.4 Å². The zero-order valence-corrected chi connectivity index (χ0v) is 22.5. The number of nitrogens with one attached hydrogen (secondary N) is 2. The third-order valence-corrected chi connectivity index (χ3v) is 6.01. The minimum Gasteiger partial charge on any atom is -0.493 e. The van der Waals surface area contributed by atoms with E-state index in [0.717, 1.165) is 11.8 Å². The summed E-state index contributed by atoms with van der Waals surface area (Å²) in [6.45, 7) is 2.45. The van der Waals surface area contributed by atoms with E-state index in [2.05, 4.69) is 30.8 Å². The number of benzene rings is 3. The van der Waals surface area contributed by atoms with Crippen LogP contribution in [0.15, 0.2) is 77.9 Å². The quantitative estimate of drug-likeness (QED) is 0.0925. The largest absolute Gasteiger partial charge is 0.493 e. The van der Waals surface area contributed by atoms with Crippen LogP contribution in [0.5, 0.6) is 11.5 Å². The van der Waals surface area contributed by atoms with Crippen molar-refractivity contribution in [2.24, 2.45) is 5.10 Å².